The summed E-state index contributed by atoms with van der Waals surface area (Å²) >= 11 is 0. The van der Waals surface area contributed by atoms with Crippen molar-refractivity contribution in [1.82, 2.24) is 5.32 Å². The monoisotopic (exact) mass is 227 g/mol. The lowest BCUT2D eigenvalue weighted by atomic mass is 10.1. The molecule has 0 radical (unpaired) electrons. The summed E-state index contributed by atoms with van der Waals surface area (Å²) in [5.41, 5.74) is 4.46. The van der Waals surface area contributed by atoms with E-state index in [0.29, 0.717) is 0 Å². The minimum absolute atomic E-state index is 0.796. The quantitative estimate of drug-likeness (QED) is 0.868. The summed E-state index contributed by atoms with van der Waals surface area (Å²) in [7, 11) is 0. The number of furan rings is 1. The number of fused-ring (bicyclic) bond motifs is 1. The molecule has 3 rings (SSSR count). The second kappa shape index (κ2) is 4.76. The van der Waals surface area contributed by atoms with Crippen molar-refractivity contribution in [3.8, 4) is 0 Å². The van der Waals surface area contributed by atoms with Crippen LogP contribution in [0.25, 0.3) is 0 Å². The van der Waals surface area contributed by atoms with E-state index in [1.165, 1.54) is 24.8 Å². The molecule has 1 N–H and O–H groups in total. The molecule has 0 saturated carbocycles. The topological polar surface area (TPSA) is 25.2 Å². The third-order valence-corrected chi connectivity index (χ3v) is 3.37. The van der Waals surface area contributed by atoms with Gasteiger partial charge in [-0.2, -0.15) is 0 Å². The maximum atomic E-state index is 5.28. The van der Waals surface area contributed by atoms with E-state index in [1.807, 2.05) is 12.1 Å². The normalized spacial score (nSPS) is 13.9. The van der Waals surface area contributed by atoms with Gasteiger partial charge in [0, 0.05) is 6.54 Å². The summed E-state index contributed by atoms with van der Waals surface area (Å²) in [6, 6.07) is 10.8. The van der Waals surface area contributed by atoms with Gasteiger partial charge in [0.15, 0.2) is 0 Å². The first kappa shape index (κ1) is 10.6. The van der Waals surface area contributed by atoms with Gasteiger partial charge in [-0.15, -0.1) is 0 Å². The lowest BCUT2D eigenvalue weighted by Gasteiger charge is -2.06. The Morgan fingerprint density at radius 1 is 1.06 bits per heavy atom. The molecule has 1 aliphatic carbocycles. The van der Waals surface area contributed by atoms with Crippen molar-refractivity contribution in [1.29, 1.82) is 0 Å². The zero-order valence-electron chi connectivity index (χ0n) is 9.91. The van der Waals surface area contributed by atoms with Crippen molar-refractivity contribution in [2.24, 2.45) is 0 Å². The molecule has 0 atom stereocenters. The van der Waals surface area contributed by atoms with Crippen LogP contribution in [0.3, 0.4) is 0 Å². The predicted molar refractivity (Wildman–Crippen MR) is 67.7 cm³/mol. The zero-order chi connectivity index (χ0) is 11.5. The van der Waals surface area contributed by atoms with Gasteiger partial charge < -0.3 is 9.73 Å². The summed E-state index contributed by atoms with van der Waals surface area (Å²) in [6.45, 7) is 1.71. The average Bonchev–Trinajstić information content (AvgIpc) is 2.98. The van der Waals surface area contributed by atoms with Gasteiger partial charge in [0.25, 0.3) is 0 Å². The molecule has 0 amide bonds. The van der Waals surface area contributed by atoms with Gasteiger partial charge >= 0.3 is 0 Å². The van der Waals surface area contributed by atoms with Crippen LogP contribution in [0.2, 0.25) is 0 Å². The first-order valence-electron chi connectivity index (χ1n) is 6.25. The van der Waals surface area contributed by atoms with E-state index < -0.39 is 0 Å². The zero-order valence-corrected chi connectivity index (χ0v) is 9.91. The summed E-state index contributed by atoms with van der Waals surface area (Å²) < 4.78 is 5.28. The molecule has 1 aliphatic rings. The Morgan fingerprint density at radius 3 is 2.88 bits per heavy atom. The fourth-order valence-corrected chi connectivity index (χ4v) is 2.48. The van der Waals surface area contributed by atoms with Crippen LogP contribution in [0.4, 0.5) is 0 Å². The smallest absolute Gasteiger partial charge is 0.117 e. The molecule has 2 heteroatoms. The van der Waals surface area contributed by atoms with Gasteiger partial charge in [-0.3, -0.25) is 0 Å². The number of aryl methyl sites for hydroxylation is 2. The highest BCUT2D eigenvalue weighted by molar-refractivity contribution is 5.35. The molecule has 1 aromatic heterocycles. The van der Waals surface area contributed by atoms with Gasteiger partial charge in [-0.25, -0.2) is 0 Å². The molecule has 0 unspecified atom stereocenters. The van der Waals surface area contributed by atoms with Gasteiger partial charge in [0.2, 0.25) is 0 Å². The molecule has 1 heterocycles. The van der Waals surface area contributed by atoms with Crippen LogP contribution in [-0.4, -0.2) is 0 Å². The van der Waals surface area contributed by atoms with E-state index in [1.54, 1.807) is 17.4 Å². The van der Waals surface area contributed by atoms with Crippen LogP contribution in [0.15, 0.2) is 41.0 Å². The van der Waals surface area contributed by atoms with Crippen molar-refractivity contribution in [2.75, 3.05) is 0 Å². The molecule has 88 valence electrons. The Morgan fingerprint density at radius 2 is 2.00 bits per heavy atom. The SMILES string of the molecule is c1coc(CNCc2ccc3c(c2)CCC3)c1. The predicted octanol–water partition coefficient (Wildman–Crippen LogP) is 3.06. The van der Waals surface area contributed by atoms with E-state index in [0.717, 1.165) is 18.8 Å². The fourth-order valence-electron chi connectivity index (χ4n) is 2.48. The number of rotatable bonds is 4. The number of nitrogens with one attached hydrogen (secondary N) is 1. The largest absolute Gasteiger partial charge is 0.468 e. The van der Waals surface area contributed by atoms with Crippen LogP contribution in [0, 0.1) is 0 Å². The Balaban J connectivity index is 1.58. The van der Waals surface area contributed by atoms with E-state index in [-0.39, 0.29) is 0 Å². The number of hydrogen-bond acceptors (Lipinski definition) is 2. The first-order valence-corrected chi connectivity index (χ1v) is 6.25. The molecule has 0 bridgehead atoms. The second-order valence-electron chi connectivity index (χ2n) is 4.64. The van der Waals surface area contributed by atoms with Gasteiger partial charge in [0.05, 0.1) is 12.8 Å². The minimum atomic E-state index is 0.796. The standard InChI is InChI=1S/C15H17NO/c1-3-13-7-6-12(9-14(13)4-1)10-16-11-15-5-2-8-17-15/h2,5-9,16H,1,3-4,10-11H2. The molecule has 0 saturated heterocycles. The first-order chi connectivity index (χ1) is 8.42. The molecule has 17 heavy (non-hydrogen) atoms. The van der Waals surface area contributed by atoms with E-state index >= 15 is 0 Å². The highest BCUT2D eigenvalue weighted by Crippen LogP contribution is 2.22. The second-order valence-corrected chi connectivity index (χ2v) is 4.64. The highest BCUT2D eigenvalue weighted by atomic mass is 16.3. The van der Waals surface area contributed by atoms with Crippen LogP contribution in [-0.2, 0) is 25.9 Å². The van der Waals surface area contributed by atoms with E-state index in [2.05, 4.69) is 23.5 Å². The lowest BCUT2D eigenvalue weighted by Crippen LogP contribution is -2.12. The van der Waals surface area contributed by atoms with Gasteiger partial charge in [0.1, 0.15) is 5.76 Å². The average molecular weight is 227 g/mol. The minimum Gasteiger partial charge on any atom is -0.468 e. The molecule has 2 nitrogen and oxygen atoms in total. The Hall–Kier alpha value is -1.54. The highest BCUT2D eigenvalue weighted by Gasteiger charge is 2.10. The molecule has 2 aromatic rings. The Bertz CT molecular complexity index is 488. The Kier molecular flexibility index (Phi) is 2.97. The summed E-state index contributed by atoms with van der Waals surface area (Å²) in [4.78, 5) is 0. The van der Waals surface area contributed by atoms with E-state index in [9.17, 15) is 0 Å². The van der Waals surface area contributed by atoms with Gasteiger partial charge in [-0.05, 0) is 48.1 Å². The summed E-state index contributed by atoms with van der Waals surface area (Å²) in [5, 5.41) is 3.40. The van der Waals surface area contributed by atoms with E-state index in [4.69, 9.17) is 4.42 Å². The van der Waals surface area contributed by atoms with Crippen LogP contribution < -0.4 is 5.32 Å². The molecule has 0 spiro atoms. The maximum Gasteiger partial charge on any atom is 0.117 e. The third kappa shape index (κ3) is 2.42. The summed E-state index contributed by atoms with van der Waals surface area (Å²) in [5.74, 6) is 0.992. The summed E-state index contributed by atoms with van der Waals surface area (Å²) in [6.07, 6.45) is 5.54. The maximum absolute atomic E-state index is 5.28. The molecule has 0 fully saturated rings. The van der Waals surface area contributed by atoms with Crippen molar-refractivity contribution in [3.63, 3.8) is 0 Å². The molecular formula is C15H17NO. The lowest BCUT2D eigenvalue weighted by molar-refractivity contribution is 0.483. The van der Waals surface area contributed by atoms with Crippen molar-refractivity contribution >= 4 is 0 Å². The van der Waals surface area contributed by atoms with Gasteiger partial charge in [-0.1, -0.05) is 18.2 Å². The van der Waals surface area contributed by atoms with Crippen LogP contribution in [0.5, 0.6) is 0 Å². The number of hydrogen-bond donors (Lipinski definition) is 1. The third-order valence-electron chi connectivity index (χ3n) is 3.37. The van der Waals surface area contributed by atoms with Crippen molar-refractivity contribution in [2.45, 2.75) is 32.4 Å². The van der Waals surface area contributed by atoms with Crippen molar-refractivity contribution < 1.29 is 4.42 Å². The van der Waals surface area contributed by atoms with Crippen LogP contribution in [0.1, 0.15) is 28.9 Å². The fraction of sp³-hybridized carbons (Fsp3) is 0.333. The molecule has 0 aliphatic heterocycles. The number of benzene rings is 1. The Labute approximate surface area is 102 Å². The molecule has 1 aromatic carbocycles. The molecular weight excluding hydrogens is 210 g/mol. The van der Waals surface area contributed by atoms with Crippen LogP contribution >= 0.6 is 0 Å². The van der Waals surface area contributed by atoms with Crippen molar-refractivity contribution in [3.05, 3.63) is 59.0 Å².